The van der Waals surface area contributed by atoms with Crippen LogP contribution in [0.25, 0.3) is 0 Å². The van der Waals surface area contributed by atoms with Crippen molar-refractivity contribution < 1.29 is 9.90 Å². The molecule has 2 rings (SSSR count). The number of hydrogen-bond acceptors (Lipinski definition) is 3. The Hall–Kier alpha value is -0.870. The summed E-state index contributed by atoms with van der Waals surface area (Å²) in [6.07, 6.45) is 3.45. The molecule has 1 aromatic heterocycles. The van der Waals surface area contributed by atoms with Gasteiger partial charge in [0, 0.05) is 4.88 Å². The highest BCUT2D eigenvalue weighted by Gasteiger charge is 2.25. The van der Waals surface area contributed by atoms with Gasteiger partial charge in [0.05, 0.1) is 17.0 Å². The maximum Gasteiger partial charge on any atom is 0.261 e. The van der Waals surface area contributed by atoms with E-state index in [9.17, 15) is 9.90 Å². The number of aryl methyl sites for hydroxylation is 2. The third-order valence-corrected chi connectivity index (χ3v) is 4.59. The quantitative estimate of drug-likeness (QED) is 0.850. The summed E-state index contributed by atoms with van der Waals surface area (Å²) in [7, 11) is 0. The molecule has 0 spiro atoms. The van der Waals surface area contributed by atoms with Gasteiger partial charge >= 0.3 is 0 Å². The molecule has 1 fully saturated rings. The van der Waals surface area contributed by atoms with E-state index >= 15 is 0 Å². The molecule has 1 aliphatic carbocycles. The monoisotopic (exact) mass is 253 g/mol. The van der Waals surface area contributed by atoms with Crippen LogP contribution in [-0.4, -0.2) is 23.2 Å². The van der Waals surface area contributed by atoms with E-state index in [0.717, 1.165) is 36.1 Å². The van der Waals surface area contributed by atoms with Crippen molar-refractivity contribution in [3.05, 3.63) is 21.4 Å². The van der Waals surface area contributed by atoms with Crippen molar-refractivity contribution in [1.29, 1.82) is 0 Å². The Morgan fingerprint density at radius 1 is 1.41 bits per heavy atom. The summed E-state index contributed by atoms with van der Waals surface area (Å²) in [5.74, 6) is -0.0443. The largest absolute Gasteiger partial charge is 0.391 e. The van der Waals surface area contributed by atoms with Crippen molar-refractivity contribution in [2.24, 2.45) is 0 Å². The third kappa shape index (κ3) is 2.87. The Morgan fingerprint density at radius 3 is 2.71 bits per heavy atom. The Kier molecular flexibility index (Phi) is 3.84. The first-order valence-corrected chi connectivity index (χ1v) is 6.95. The summed E-state index contributed by atoms with van der Waals surface area (Å²) in [4.78, 5) is 13.9. The second-order valence-corrected chi connectivity index (χ2v) is 6.04. The predicted molar refractivity (Wildman–Crippen MR) is 69.5 cm³/mol. The Morgan fingerprint density at radius 2 is 2.12 bits per heavy atom. The molecule has 0 radical (unpaired) electrons. The number of amides is 1. The maximum atomic E-state index is 12.0. The van der Waals surface area contributed by atoms with Crippen molar-refractivity contribution in [3.8, 4) is 0 Å². The number of aliphatic hydroxyl groups is 1. The highest BCUT2D eigenvalue weighted by atomic mass is 32.1. The minimum Gasteiger partial charge on any atom is -0.391 e. The standard InChI is InChI=1S/C13H19NO2S/c1-8-7-12(17-9(8)2)13(16)14-10-5-3-4-6-11(10)15/h7,10-11,15H,3-6H2,1-2H3,(H,14,16)/t10-,11-/m1/s1. The first-order valence-electron chi connectivity index (χ1n) is 6.14. The lowest BCUT2D eigenvalue weighted by Crippen LogP contribution is -2.44. The predicted octanol–water partition coefficient (Wildman–Crippen LogP) is 2.40. The first-order chi connectivity index (χ1) is 8.08. The smallest absolute Gasteiger partial charge is 0.261 e. The van der Waals surface area contributed by atoms with Crippen molar-refractivity contribution >= 4 is 17.2 Å². The summed E-state index contributed by atoms with van der Waals surface area (Å²) >= 11 is 1.52. The summed E-state index contributed by atoms with van der Waals surface area (Å²) in [6, 6.07) is 1.85. The molecule has 2 atom stereocenters. The molecule has 94 valence electrons. The molecule has 1 saturated carbocycles. The lowest BCUT2D eigenvalue weighted by molar-refractivity contribution is 0.0720. The van der Waals surface area contributed by atoms with Gasteiger partial charge in [-0.1, -0.05) is 12.8 Å². The number of carbonyl (C=O) groups excluding carboxylic acids is 1. The van der Waals surface area contributed by atoms with Gasteiger partial charge in [0.1, 0.15) is 0 Å². The fourth-order valence-corrected chi connectivity index (χ4v) is 3.14. The normalized spacial score (nSPS) is 24.6. The van der Waals surface area contributed by atoms with Crippen LogP contribution in [0.15, 0.2) is 6.07 Å². The van der Waals surface area contributed by atoms with Gasteiger partial charge < -0.3 is 10.4 Å². The van der Waals surface area contributed by atoms with E-state index in [2.05, 4.69) is 5.32 Å². The van der Waals surface area contributed by atoms with E-state index in [1.54, 1.807) is 0 Å². The van der Waals surface area contributed by atoms with E-state index in [4.69, 9.17) is 0 Å². The van der Waals surface area contributed by atoms with Crippen molar-refractivity contribution in [1.82, 2.24) is 5.32 Å². The number of aliphatic hydroxyl groups excluding tert-OH is 1. The van der Waals surface area contributed by atoms with E-state index < -0.39 is 0 Å². The zero-order valence-electron chi connectivity index (χ0n) is 10.3. The molecule has 1 heterocycles. The van der Waals surface area contributed by atoms with E-state index in [0.29, 0.717) is 0 Å². The third-order valence-electron chi connectivity index (χ3n) is 3.44. The van der Waals surface area contributed by atoms with E-state index in [-0.39, 0.29) is 18.1 Å². The van der Waals surface area contributed by atoms with Gasteiger partial charge in [-0.3, -0.25) is 4.79 Å². The van der Waals surface area contributed by atoms with Gasteiger partial charge in [0.15, 0.2) is 0 Å². The Labute approximate surface area is 106 Å². The van der Waals surface area contributed by atoms with Crippen LogP contribution in [0.4, 0.5) is 0 Å². The second-order valence-electron chi connectivity index (χ2n) is 4.78. The molecule has 0 bridgehead atoms. The van der Waals surface area contributed by atoms with Gasteiger partial charge in [-0.15, -0.1) is 11.3 Å². The number of carbonyl (C=O) groups is 1. The molecule has 2 N–H and O–H groups in total. The molecule has 1 amide bonds. The van der Waals surface area contributed by atoms with Crippen LogP contribution in [0.3, 0.4) is 0 Å². The van der Waals surface area contributed by atoms with Crippen LogP contribution in [0.1, 0.15) is 45.8 Å². The number of hydrogen-bond donors (Lipinski definition) is 2. The summed E-state index contributed by atoms with van der Waals surface area (Å²) in [5.41, 5.74) is 1.16. The molecule has 0 aliphatic heterocycles. The topological polar surface area (TPSA) is 49.3 Å². The van der Waals surface area contributed by atoms with Crippen molar-refractivity contribution in [2.75, 3.05) is 0 Å². The Balaban J connectivity index is 2.01. The number of rotatable bonds is 2. The van der Waals surface area contributed by atoms with Crippen LogP contribution >= 0.6 is 11.3 Å². The highest BCUT2D eigenvalue weighted by Crippen LogP contribution is 2.22. The van der Waals surface area contributed by atoms with Crippen LogP contribution in [-0.2, 0) is 0 Å². The summed E-state index contributed by atoms with van der Waals surface area (Å²) in [5, 5.41) is 12.8. The molecule has 0 aromatic carbocycles. The lowest BCUT2D eigenvalue weighted by Gasteiger charge is -2.28. The molecular formula is C13H19NO2S. The van der Waals surface area contributed by atoms with Crippen LogP contribution in [0, 0.1) is 13.8 Å². The first kappa shape index (κ1) is 12.6. The molecule has 4 heteroatoms. The summed E-state index contributed by atoms with van der Waals surface area (Å²) < 4.78 is 0. The fraction of sp³-hybridized carbons (Fsp3) is 0.615. The minimum absolute atomic E-state index is 0.0443. The lowest BCUT2D eigenvalue weighted by atomic mass is 9.92. The zero-order chi connectivity index (χ0) is 12.4. The maximum absolute atomic E-state index is 12.0. The molecule has 17 heavy (non-hydrogen) atoms. The van der Waals surface area contributed by atoms with Gasteiger partial charge in [-0.25, -0.2) is 0 Å². The molecule has 3 nitrogen and oxygen atoms in total. The number of thiophene rings is 1. The molecule has 1 aliphatic rings. The van der Waals surface area contributed by atoms with E-state index in [1.807, 2.05) is 19.9 Å². The van der Waals surface area contributed by atoms with Gasteiger partial charge in [-0.05, 0) is 38.3 Å². The molecular weight excluding hydrogens is 234 g/mol. The average Bonchev–Trinajstić information content (AvgIpc) is 2.63. The zero-order valence-corrected chi connectivity index (χ0v) is 11.1. The van der Waals surface area contributed by atoms with Gasteiger partial charge in [0.25, 0.3) is 5.91 Å². The molecule has 0 saturated heterocycles. The van der Waals surface area contributed by atoms with Gasteiger partial charge in [0.2, 0.25) is 0 Å². The van der Waals surface area contributed by atoms with Crippen LogP contribution in [0.2, 0.25) is 0 Å². The van der Waals surface area contributed by atoms with Crippen LogP contribution in [0.5, 0.6) is 0 Å². The van der Waals surface area contributed by atoms with Gasteiger partial charge in [-0.2, -0.15) is 0 Å². The van der Waals surface area contributed by atoms with Crippen molar-refractivity contribution in [2.45, 2.75) is 51.7 Å². The van der Waals surface area contributed by atoms with E-state index in [1.165, 1.54) is 16.2 Å². The molecule has 1 aromatic rings. The fourth-order valence-electron chi connectivity index (χ4n) is 2.20. The number of nitrogens with one attached hydrogen (secondary N) is 1. The average molecular weight is 253 g/mol. The van der Waals surface area contributed by atoms with Crippen molar-refractivity contribution in [3.63, 3.8) is 0 Å². The van der Waals surface area contributed by atoms with Crippen LogP contribution < -0.4 is 5.32 Å². The highest BCUT2D eigenvalue weighted by molar-refractivity contribution is 7.14. The minimum atomic E-state index is -0.380. The summed E-state index contributed by atoms with van der Waals surface area (Å²) in [6.45, 7) is 4.03. The molecule has 0 unspecified atom stereocenters. The second kappa shape index (κ2) is 5.19. The Bertz CT molecular complexity index is 394. The SMILES string of the molecule is Cc1cc(C(=O)N[C@@H]2CCCC[C@H]2O)sc1C.